The van der Waals surface area contributed by atoms with Crippen molar-refractivity contribution in [3.05, 3.63) is 23.8 Å². The highest BCUT2D eigenvalue weighted by molar-refractivity contribution is 7.89. The van der Waals surface area contributed by atoms with Gasteiger partial charge in [-0.2, -0.15) is 0 Å². The molecule has 0 aliphatic heterocycles. The Morgan fingerprint density at radius 3 is 2.56 bits per heavy atom. The minimum atomic E-state index is -3.39. The van der Waals surface area contributed by atoms with Crippen molar-refractivity contribution in [1.82, 2.24) is 4.72 Å². The van der Waals surface area contributed by atoms with Crippen molar-refractivity contribution in [2.75, 3.05) is 13.2 Å². The molecule has 0 spiro atoms. The number of rotatable bonds is 7. The van der Waals surface area contributed by atoms with Gasteiger partial charge in [-0.1, -0.05) is 13.3 Å². The normalized spacial score (nSPS) is 11.5. The molecule has 5 heteroatoms. The van der Waals surface area contributed by atoms with E-state index in [1.54, 1.807) is 18.2 Å². The molecule has 0 radical (unpaired) electrons. The van der Waals surface area contributed by atoms with Gasteiger partial charge in [-0.25, -0.2) is 13.1 Å². The third kappa shape index (κ3) is 3.99. The lowest BCUT2D eigenvalue weighted by atomic mass is 10.2. The Kier molecular flexibility index (Phi) is 5.62. The largest absolute Gasteiger partial charge is 0.494 e. The molecule has 0 heterocycles. The minimum absolute atomic E-state index is 0.291. The van der Waals surface area contributed by atoms with Gasteiger partial charge >= 0.3 is 0 Å². The fraction of sp³-hybridized carbons (Fsp3) is 0.538. The quantitative estimate of drug-likeness (QED) is 0.775. The zero-order chi connectivity index (χ0) is 13.6. The van der Waals surface area contributed by atoms with Gasteiger partial charge in [0.05, 0.1) is 11.5 Å². The Balaban J connectivity index is 2.86. The number of nitrogens with one attached hydrogen (secondary N) is 1. The molecule has 0 aromatic heterocycles. The van der Waals surface area contributed by atoms with Crippen LogP contribution in [0, 0.1) is 6.92 Å². The van der Waals surface area contributed by atoms with E-state index >= 15 is 0 Å². The summed E-state index contributed by atoms with van der Waals surface area (Å²) in [5, 5.41) is 0. The first kappa shape index (κ1) is 15.0. The maximum Gasteiger partial charge on any atom is 0.240 e. The van der Waals surface area contributed by atoms with E-state index in [1.807, 2.05) is 20.8 Å². The molecule has 102 valence electrons. The first-order chi connectivity index (χ1) is 8.51. The summed E-state index contributed by atoms with van der Waals surface area (Å²) in [6.07, 6.45) is 1.81. The van der Waals surface area contributed by atoms with Crippen LogP contribution in [0.2, 0.25) is 0 Å². The minimum Gasteiger partial charge on any atom is -0.494 e. The fourth-order valence-electron chi connectivity index (χ4n) is 1.57. The molecule has 0 fully saturated rings. The summed E-state index contributed by atoms with van der Waals surface area (Å²) < 4.78 is 31.9. The van der Waals surface area contributed by atoms with Gasteiger partial charge in [-0.3, -0.25) is 0 Å². The summed E-state index contributed by atoms with van der Waals surface area (Å²) in [4.78, 5) is 0.291. The Bertz CT molecular complexity index is 483. The van der Waals surface area contributed by atoms with Gasteiger partial charge in [0.1, 0.15) is 5.75 Å². The lowest BCUT2D eigenvalue weighted by molar-refractivity contribution is 0.337. The van der Waals surface area contributed by atoms with E-state index in [4.69, 9.17) is 4.74 Å². The summed E-state index contributed by atoms with van der Waals surface area (Å²) >= 11 is 0. The van der Waals surface area contributed by atoms with Gasteiger partial charge in [0.2, 0.25) is 10.0 Å². The first-order valence-corrected chi connectivity index (χ1v) is 7.72. The first-order valence-electron chi connectivity index (χ1n) is 6.24. The number of sulfonamides is 1. The third-order valence-corrected chi connectivity index (χ3v) is 4.04. The van der Waals surface area contributed by atoms with Crippen LogP contribution in [0.25, 0.3) is 0 Å². The molecule has 1 aromatic carbocycles. The predicted octanol–water partition coefficient (Wildman–Crippen LogP) is 2.47. The molecule has 0 saturated heterocycles. The highest BCUT2D eigenvalue weighted by Gasteiger charge is 2.14. The van der Waals surface area contributed by atoms with E-state index in [9.17, 15) is 8.42 Å². The zero-order valence-corrected chi connectivity index (χ0v) is 12.0. The van der Waals surface area contributed by atoms with E-state index in [0.29, 0.717) is 18.0 Å². The van der Waals surface area contributed by atoms with Gasteiger partial charge in [0.25, 0.3) is 0 Å². The van der Waals surface area contributed by atoms with Crippen LogP contribution in [0.4, 0.5) is 0 Å². The molecule has 0 aliphatic rings. The van der Waals surface area contributed by atoms with Crippen molar-refractivity contribution >= 4 is 10.0 Å². The molecule has 0 saturated carbocycles. The van der Waals surface area contributed by atoms with Crippen molar-refractivity contribution in [3.63, 3.8) is 0 Å². The topological polar surface area (TPSA) is 55.4 Å². The molecule has 1 aromatic rings. The van der Waals surface area contributed by atoms with E-state index in [2.05, 4.69) is 4.72 Å². The molecule has 0 amide bonds. The molecule has 0 atom stereocenters. The molecule has 18 heavy (non-hydrogen) atoms. The SMILES string of the molecule is CCCCNS(=O)(=O)c1ccc(OCC)c(C)c1. The monoisotopic (exact) mass is 271 g/mol. The molecule has 4 nitrogen and oxygen atoms in total. The van der Waals surface area contributed by atoms with Crippen molar-refractivity contribution in [1.29, 1.82) is 0 Å². The van der Waals surface area contributed by atoms with Crippen LogP contribution in [-0.2, 0) is 10.0 Å². The Labute approximate surface area is 109 Å². The number of ether oxygens (including phenoxy) is 1. The summed E-state index contributed by atoms with van der Waals surface area (Å²) in [7, 11) is -3.39. The molecule has 0 aliphatic carbocycles. The number of hydrogen-bond donors (Lipinski definition) is 1. The van der Waals surface area contributed by atoms with Gasteiger partial charge in [-0.15, -0.1) is 0 Å². The zero-order valence-electron chi connectivity index (χ0n) is 11.2. The lowest BCUT2D eigenvalue weighted by Gasteiger charge is -2.10. The van der Waals surface area contributed by atoms with Crippen molar-refractivity contribution in [2.45, 2.75) is 38.5 Å². The van der Waals surface area contributed by atoms with Crippen LogP contribution in [0.15, 0.2) is 23.1 Å². The molecule has 1 N–H and O–H groups in total. The standard InChI is InChI=1S/C13H21NO3S/c1-4-6-9-14-18(15,16)12-7-8-13(17-5-2)11(3)10-12/h7-8,10,14H,4-6,9H2,1-3H3. The second-order valence-electron chi connectivity index (χ2n) is 4.11. The van der Waals surface area contributed by atoms with Crippen LogP contribution in [-0.4, -0.2) is 21.6 Å². The fourth-order valence-corrected chi connectivity index (χ4v) is 2.73. The second-order valence-corrected chi connectivity index (χ2v) is 5.88. The Morgan fingerprint density at radius 1 is 1.28 bits per heavy atom. The second kappa shape index (κ2) is 6.75. The number of unbranched alkanes of at least 4 members (excludes halogenated alkanes) is 1. The number of aryl methyl sites for hydroxylation is 1. The molecule has 1 rings (SSSR count). The Hall–Kier alpha value is -1.07. The van der Waals surface area contributed by atoms with Crippen LogP contribution in [0.5, 0.6) is 5.75 Å². The summed E-state index contributed by atoms with van der Waals surface area (Å²) in [6.45, 7) is 6.81. The van der Waals surface area contributed by atoms with Crippen molar-refractivity contribution < 1.29 is 13.2 Å². The van der Waals surface area contributed by atoms with E-state index in [-0.39, 0.29) is 0 Å². The van der Waals surface area contributed by atoms with Crippen LogP contribution < -0.4 is 9.46 Å². The smallest absolute Gasteiger partial charge is 0.240 e. The molecular weight excluding hydrogens is 250 g/mol. The van der Waals surface area contributed by atoms with Gasteiger partial charge < -0.3 is 4.74 Å². The number of hydrogen-bond acceptors (Lipinski definition) is 3. The van der Waals surface area contributed by atoms with Crippen molar-refractivity contribution in [3.8, 4) is 5.75 Å². The van der Waals surface area contributed by atoms with Crippen LogP contribution in [0.3, 0.4) is 0 Å². The summed E-state index contributed by atoms with van der Waals surface area (Å²) in [5.41, 5.74) is 0.829. The van der Waals surface area contributed by atoms with E-state index in [0.717, 1.165) is 24.2 Å². The summed E-state index contributed by atoms with van der Waals surface area (Å²) in [6, 6.07) is 4.92. The van der Waals surface area contributed by atoms with E-state index in [1.165, 1.54) is 0 Å². The number of benzene rings is 1. The van der Waals surface area contributed by atoms with Gasteiger partial charge in [-0.05, 0) is 44.0 Å². The maximum atomic E-state index is 12.0. The Morgan fingerprint density at radius 2 is 2.00 bits per heavy atom. The molecule has 0 unspecified atom stereocenters. The average molecular weight is 271 g/mol. The van der Waals surface area contributed by atoms with Crippen LogP contribution in [0.1, 0.15) is 32.3 Å². The highest BCUT2D eigenvalue weighted by Crippen LogP contribution is 2.21. The van der Waals surface area contributed by atoms with Gasteiger partial charge in [0.15, 0.2) is 0 Å². The predicted molar refractivity (Wildman–Crippen MR) is 72.4 cm³/mol. The lowest BCUT2D eigenvalue weighted by Crippen LogP contribution is -2.24. The van der Waals surface area contributed by atoms with Gasteiger partial charge in [0, 0.05) is 6.54 Å². The van der Waals surface area contributed by atoms with Crippen molar-refractivity contribution in [2.24, 2.45) is 0 Å². The summed E-state index contributed by atoms with van der Waals surface area (Å²) in [5.74, 6) is 0.727. The van der Waals surface area contributed by atoms with E-state index < -0.39 is 10.0 Å². The maximum absolute atomic E-state index is 12.0. The van der Waals surface area contributed by atoms with Crippen LogP contribution >= 0.6 is 0 Å². The third-order valence-electron chi connectivity index (χ3n) is 2.58. The molecule has 0 bridgehead atoms. The highest BCUT2D eigenvalue weighted by atomic mass is 32.2. The molecular formula is C13H21NO3S. The average Bonchev–Trinajstić information content (AvgIpc) is 2.32.